The minimum atomic E-state index is -1.36. The van der Waals surface area contributed by atoms with Crippen molar-refractivity contribution in [1.29, 1.82) is 0 Å². The van der Waals surface area contributed by atoms with Crippen LogP contribution in [-0.4, -0.2) is 37.5 Å². The Morgan fingerprint density at radius 1 is 0.929 bits per heavy atom. The molecule has 0 fully saturated rings. The van der Waals surface area contributed by atoms with Gasteiger partial charge in [0.25, 0.3) is 0 Å². The number of nitrogens with zero attached hydrogens (tertiary/aromatic N) is 1. The minimum Gasteiger partial charge on any atom is -0.501 e. The van der Waals surface area contributed by atoms with Crippen molar-refractivity contribution < 1.29 is 34.7 Å². The molecular formula is C22H26IrNO3Si-. The second-order valence-electron chi connectivity index (χ2n) is 6.87. The second-order valence-corrected chi connectivity index (χ2v) is 12.0. The molecule has 0 atom stereocenters. The summed E-state index contributed by atoms with van der Waals surface area (Å²) in [6, 6.07) is 19.9. The summed E-state index contributed by atoms with van der Waals surface area (Å²) >= 11 is 0. The standard InChI is InChI=1S/C20H18NOSi.2CH4O.Ir/c1-23(2,3)14-10-11-15-16-7-6-8-17(18-9-4-5-12-21-18)20(16)22-19(15)13-14;2*1-2;/h4-7,9-13H,1-3H3;2*2H,1H3;/q-1;;;. The SMILES string of the molecule is CO.CO.C[Si](C)(C)c1ccc2c(c1)oc1c(-c3ccccn3)[c-]ccc12.[Ir]. The first-order valence-corrected chi connectivity index (χ1v) is 12.2. The smallest absolute Gasteiger partial charge is 0.120 e. The number of hydrogen-bond donors (Lipinski definition) is 2. The van der Waals surface area contributed by atoms with Gasteiger partial charge in [-0.1, -0.05) is 60.0 Å². The molecular weight excluding hydrogens is 547 g/mol. The Morgan fingerprint density at radius 3 is 2.25 bits per heavy atom. The number of hydrogen-bond acceptors (Lipinski definition) is 4. The van der Waals surface area contributed by atoms with Crippen LogP contribution in [0.25, 0.3) is 33.2 Å². The number of pyridine rings is 1. The summed E-state index contributed by atoms with van der Waals surface area (Å²) in [4.78, 5) is 4.44. The molecule has 1 radical (unpaired) electrons. The molecule has 2 N–H and O–H groups in total. The molecule has 0 unspecified atom stereocenters. The minimum absolute atomic E-state index is 0. The monoisotopic (exact) mass is 573 g/mol. The molecule has 0 aliphatic heterocycles. The summed E-state index contributed by atoms with van der Waals surface area (Å²) in [6.07, 6.45) is 1.80. The van der Waals surface area contributed by atoms with E-state index in [0.29, 0.717) is 0 Å². The molecule has 0 aliphatic rings. The van der Waals surface area contributed by atoms with E-state index < -0.39 is 8.07 Å². The summed E-state index contributed by atoms with van der Waals surface area (Å²) in [5.74, 6) is 0. The molecule has 0 amide bonds. The Morgan fingerprint density at radius 2 is 1.64 bits per heavy atom. The van der Waals surface area contributed by atoms with E-state index >= 15 is 0 Å². The average Bonchev–Trinajstić information content (AvgIpc) is 3.09. The van der Waals surface area contributed by atoms with Crippen molar-refractivity contribution in [1.82, 2.24) is 4.98 Å². The predicted molar refractivity (Wildman–Crippen MR) is 115 cm³/mol. The number of aromatic nitrogens is 1. The Bertz CT molecular complexity index is 1010. The zero-order valence-corrected chi connectivity index (χ0v) is 20.2. The summed E-state index contributed by atoms with van der Waals surface area (Å²) in [7, 11) is 0.643. The van der Waals surface area contributed by atoms with Crippen LogP contribution in [0.3, 0.4) is 0 Å². The van der Waals surface area contributed by atoms with Crippen LogP contribution in [0.4, 0.5) is 0 Å². The van der Waals surface area contributed by atoms with Crippen molar-refractivity contribution in [2.75, 3.05) is 14.2 Å². The van der Waals surface area contributed by atoms with Gasteiger partial charge in [-0.2, -0.15) is 0 Å². The molecule has 0 saturated carbocycles. The quantitative estimate of drug-likeness (QED) is 0.279. The number of fused-ring (bicyclic) bond motifs is 3. The number of rotatable bonds is 2. The third-order valence-electron chi connectivity index (χ3n) is 4.22. The van der Waals surface area contributed by atoms with E-state index in [2.05, 4.69) is 55.0 Å². The zero-order valence-electron chi connectivity index (χ0n) is 16.8. The molecule has 28 heavy (non-hydrogen) atoms. The maximum atomic E-state index is 7.00. The third-order valence-corrected chi connectivity index (χ3v) is 6.26. The van der Waals surface area contributed by atoms with E-state index in [1.807, 2.05) is 24.3 Å². The summed E-state index contributed by atoms with van der Waals surface area (Å²) in [5, 5.41) is 17.7. The predicted octanol–water partition coefficient (Wildman–Crippen LogP) is 4.21. The molecule has 0 bridgehead atoms. The molecule has 2 aromatic heterocycles. The van der Waals surface area contributed by atoms with Gasteiger partial charge < -0.3 is 19.6 Å². The first-order valence-electron chi connectivity index (χ1n) is 8.72. The summed E-state index contributed by atoms with van der Waals surface area (Å²) in [5.41, 5.74) is 3.64. The van der Waals surface area contributed by atoms with Gasteiger partial charge in [0.2, 0.25) is 0 Å². The van der Waals surface area contributed by atoms with Crippen molar-refractivity contribution in [2.45, 2.75) is 19.6 Å². The Kier molecular flexibility index (Phi) is 9.21. The second kappa shape index (κ2) is 10.6. The van der Waals surface area contributed by atoms with Crippen molar-refractivity contribution in [3.63, 3.8) is 0 Å². The number of furan rings is 1. The Hall–Kier alpha value is -1.82. The molecule has 0 saturated heterocycles. The zero-order chi connectivity index (χ0) is 20.0. The topological polar surface area (TPSA) is 66.5 Å². The van der Waals surface area contributed by atoms with Crippen molar-refractivity contribution in [3.05, 3.63) is 60.8 Å². The summed E-state index contributed by atoms with van der Waals surface area (Å²) in [6.45, 7) is 7.05. The van der Waals surface area contributed by atoms with Crippen LogP contribution >= 0.6 is 0 Å². The Balaban J connectivity index is 0.000000739. The molecule has 0 aliphatic carbocycles. The van der Waals surface area contributed by atoms with Gasteiger partial charge in [0, 0.05) is 45.9 Å². The van der Waals surface area contributed by atoms with Gasteiger partial charge in [-0.05, 0) is 17.8 Å². The van der Waals surface area contributed by atoms with Crippen LogP contribution in [0.2, 0.25) is 19.6 Å². The van der Waals surface area contributed by atoms with Crippen LogP contribution in [-0.2, 0) is 20.1 Å². The fourth-order valence-electron chi connectivity index (χ4n) is 2.91. The van der Waals surface area contributed by atoms with Gasteiger partial charge in [-0.25, -0.2) is 0 Å². The Labute approximate surface area is 180 Å². The average molecular weight is 573 g/mol. The van der Waals surface area contributed by atoms with E-state index in [0.717, 1.165) is 47.4 Å². The van der Waals surface area contributed by atoms with Gasteiger partial charge in [0.05, 0.1) is 13.7 Å². The first kappa shape index (κ1) is 24.2. The molecule has 0 spiro atoms. The van der Waals surface area contributed by atoms with Crippen LogP contribution in [0, 0.1) is 6.07 Å². The number of benzene rings is 2. The van der Waals surface area contributed by atoms with Gasteiger partial charge in [0.1, 0.15) is 5.58 Å². The van der Waals surface area contributed by atoms with Crippen LogP contribution < -0.4 is 5.19 Å². The molecule has 151 valence electrons. The third kappa shape index (κ3) is 4.96. The molecule has 4 rings (SSSR count). The molecule has 4 nitrogen and oxygen atoms in total. The van der Waals surface area contributed by atoms with Crippen LogP contribution in [0.15, 0.2) is 59.1 Å². The van der Waals surface area contributed by atoms with Gasteiger partial charge in [-0.3, -0.25) is 0 Å². The largest absolute Gasteiger partial charge is 0.501 e. The molecule has 6 heteroatoms. The molecule has 4 aromatic rings. The molecule has 2 heterocycles. The van der Waals surface area contributed by atoms with Crippen LogP contribution in [0.5, 0.6) is 0 Å². The van der Waals surface area contributed by atoms with Gasteiger partial charge in [-0.15, -0.1) is 18.2 Å². The van der Waals surface area contributed by atoms with E-state index in [-0.39, 0.29) is 20.1 Å². The summed E-state index contributed by atoms with van der Waals surface area (Å²) < 4.78 is 6.22. The van der Waals surface area contributed by atoms with E-state index in [1.54, 1.807) is 6.20 Å². The number of aliphatic hydroxyl groups is 2. The van der Waals surface area contributed by atoms with E-state index in [4.69, 9.17) is 14.6 Å². The van der Waals surface area contributed by atoms with Gasteiger partial charge in [0.15, 0.2) is 0 Å². The van der Waals surface area contributed by atoms with Crippen molar-refractivity contribution in [2.24, 2.45) is 0 Å². The van der Waals surface area contributed by atoms with E-state index in [1.165, 1.54) is 5.19 Å². The molecule has 2 aromatic carbocycles. The maximum absolute atomic E-state index is 7.00. The fourth-order valence-corrected chi connectivity index (χ4v) is 4.06. The van der Waals surface area contributed by atoms with Crippen molar-refractivity contribution >= 4 is 35.2 Å². The normalized spacial score (nSPS) is 10.4. The van der Waals surface area contributed by atoms with E-state index in [9.17, 15) is 0 Å². The van der Waals surface area contributed by atoms with Crippen LogP contribution in [0.1, 0.15) is 0 Å². The van der Waals surface area contributed by atoms with Crippen molar-refractivity contribution in [3.8, 4) is 11.3 Å². The maximum Gasteiger partial charge on any atom is 0.120 e. The number of aliphatic hydroxyl groups excluding tert-OH is 2. The fraction of sp³-hybridized carbons (Fsp3) is 0.227. The first-order chi connectivity index (χ1) is 13.0. The van der Waals surface area contributed by atoms with Gasteiger partial charge >= 0.3 is 0 Å².